The molecule has 0 saturated carbocycles. The summed E-state index contributed by atoms with van der Waals surface area (Å²) in [4.78, 5) is 21.1. The second kappa shape index (κ2) is 3.95. The number of carboxylic acid groups (broad SMARTS) is 1. The molecule has 0 spiro atoms. The lowest BCUT2D eigenvalue weighted by molar-refractivity contribution is -0.385. The van der Waals surface area contributed by atoms with Crippen LogP contribution in [-0.4, -0.2) is 35.6 Å². The van der Waals surface area contributed by atoms with E-state index in [0.717, 1.165) is 4.68 Å². The highest BCUT2D eigenvalue weighted by atomic mass is 16.6. The van der Waals surface area contributed by atoms with Gasteiger partial charge in [0.2, 0.25) is 5.82 Å². The zero-order valence-electron chi connectivity index (χ0n) is 9.56. The van der Waals surface area contributed by atoms with Crippen molar-refractivity contribution in [1.82, 2.24) is 19.6 Å². The fraction of sp³-hybridized carbons (Fsp3) is 0.222. The van der Waals surface area contributed by atoms with Gasteiger partial charge in [0.1, 0.15) is 5.69 Å². The highest BCUT2D eigenvalue weighted by molar-refractivity contribution is 5.85. The Hall–Kier alpha value is -2.71. The third-order valence-corrected chi connectivity index (χ3v) is 2.37. The molecule has 0 aliphatic carbocycles. The monoisotopic (exact) mass is 251 g/mol. The fourth-order valence-corrected chi connectivity index (χ4v) is 1.66. The molecule has 0 aliphatic heterocycles. The Balaban J connectivity index is 2.62. The topological polar surface area (TPSA) is 116 Å². The lowest BCUT2D eigenvalue weighted by atomic mass is 10.4. The molecule has 0 fully saturated rings. The molecule has 1 N–H and O–H groups in total. The number of nitro groups is 1. The van der Waals surface area contributed by atoms with Crippen LogP contribution in [0.4, 0.5) is 5.69 Å². The van der Waals surface area contributed by atoms with E-state index in [1.807, 2.05) is 0 Å². The van der Waals surface area contributed by atoms with Gasteiger partial charge in [0.15, 0.2) is 5.69 Å². The zero-order chi connectivity index (χ0) is 13.4. The Kier molecular flexibility index (Phi) is 2.58. The van der Waals surface area contributed by atoms with Gasteiger partial charge in [-0.05, 0) is 13.0 Å². The summed E-state index contributed by atoms with van der Waals surface area (Å²) in [5.41, 5.74) is -0.148. The zero-order valence-corrected chi connectivity index (χ0v) is 9.56. The van der Waals surface area contributed by atoms with Crippen molar-refractivity contribution in [3.63, 3.8) is 0 Å². The van der Waals surface area contributed by atoms with Crippen molar-refractivity contribution in [2.45, 2.75) is 6.92 Å². The van der Waals surface area contributed by atoms with Crippen LogP contribution in [-0.2, 0) is 7.05 Å². The second-order valence-corrected chi connectivity index (χ2v) is 3.59. The smallest absolute Gasteiger partial charge is 0.356 e. The number of hydrogen-bond donors (Lipinski definition) is 1. The van der Waals surface area contributed by atoms with E-state index in [0.29, 0.717) is 0 Å². The molecule has 0 bridgehead atoms. The van der Waals surface area contributed by atoms with Gasteiger partial charge in [0.25, 0.3) is 0 Å². The van der Waals surface area contributed by atoms with E-state index in [9.17, 15) is 14.9 Å². The van der Waals surface area contributed by atoms with Crippen LogP contribution in [0.15, 0.2) is 12.3 Å². The van der Waals surface area contributed by atoms with Crippen LogP contribution in [0.25, 0.3) is 5.82 Å². The number of aromatic nitrogens is 4. The fourth-order valence-electron chi connectivity index (χ4n) is 1.66. The minimum Gasteiger partial charge on any atom is -0.476 e. The van der Waals surface area contributed by atoms with Crippen LogP contribution in [0.3, 0.4) is 0 Å². The van der Waals surface area contributed by atoms with E-state index in [2.05, 4.69) is 10.2 Å². The van der Waals surface area contributed by atoms with Crippen LogP contribution in [0, 0.1) is 17.0 Å². The van der Waals surface area contributed by atoms with E-state index in [1.54, 1.807) is 0 Å². The van der Waals surface area contributed by atoms with E-state index in [-0.39, 0.29) is 22.9 Å². The first kappa shape index (κ1) is 11.8. The summed E-state index contributed by atoms with van der Waals surface area (Å²) in [6, 6.07) is 1.26. The number of carbonyl (C=O) groups is 1. The van der Waals surface area contributed by atoms with E-state index in [4.69, 9.17) is 5.11 Å². The van der Waals surface area contributed by atoms with Gasteiger partial charge < -0.3 is 5.11 Å². The molecule has 94 valence electrons. The van der Waals surface area contributed by atoms with Gasteiger partial charge in [0, 0.05) is 13.2 Å². The Bertz CT molecular complexity index is 641. The molecule has 0 atom stereocenters. The Morgan fingerprint density at radius 1 is 1.50 bits per heavy atom. The SMILES string of the molecule is Cc1nn(C)c(-n2ccc(C(=O)O)n2)c1[N+](=O)[O-]. The number of carboxylic acids is 1. The molecule has 2 heterocycles. The summed E-state index contributed by atoms with van der Waals surface area (Å²) < 4.78 is 2.41. The highest BCUT2D eigenvalue weighted by Crippen LogP contribution is 2.25. The lowest BCUT2D eigenvalue weighted by Gasteiger charge is -2.00. The van der Waals surface area contributed by atoms with E-state index >= 15 is 0 Å². The predicted molar refractivity (Wildman–Crippen MR) is 58.7 cm³/mol. The molecule has 0 radical (unpaired) electrons. The first-order chi connectivity index (χ1) is 8.41. The molecule has 9 nitrogen and oxygen atoms in total. The first-order valence-corrected chi connectivity index (χ1v) is 4.89. The molecule has 0 unspecified atom stereocenters. The van der Waals surface area contributed by atoms with Crippen molar-refractivity contribution in [3.8, 4) is 5.82 Å². The molecule has 2 aromatic heterocycles. The Labute approximate surface area is 100 Å². The van der Waals surface area contributed by atoms with Crippen molar-refractivity contribution in [1.29, 1.82) is 0 Å². The maximum atomic E-state index is 11.0. The minimum atomic E-state index is -1.20. The van der Waals surface area contributed by atoms with E-state index < -0.39 is 10.9 Å². The predicted octanol–water partition coefficient (Wildman–Crippen LogP) is 0.521. The summed E-state index contributed by atoms with van der Waals surface area (Å²) in [5.74, 6) is -1.08. The van der Waals surface area contributed by atoms with E-state index in [1.165, 1.54) is 30.9 Å². The van der Waals surface area contributed by atoms with Gasteiger partial charge in [0.05, 0.1) is 4.92 Å². The van der Waals surface area contributed by atoms with Crippen molar-refractivity contribution in [2.24, 2.45) is 7.05 Å². The van der Waals surface area contributed by atoms with Crippen LogP contribution in [0.1, 0.15) is 16.2 Å². The van der Waals surface area contributed by atoms with Crippen LogP contribution >= 0.6 is 0 Å². The van der Waals surface area contributed by atoms with Gasteiger partial charge in [-0.15, -0.1) is 0 Å². The molecule has 0 amide bonds. The molecule has 2 rings (SSSR count). The van der Waals surface area contributed by atoms with Crippen molar-refractivity contribution >= 4 is 11.7 Å². The van der Waals surface area contributed by atoms with Gasteiger partial charge >= 0.3 is 11.7 Å². The molecular formula is C9H9N5O4. The maximum absolute atomic E-state index is 11.0. The standard InChI is InChI=1S/C9H9N5O4/c1-5-7(14(17)18)8(12(2)10-5)13-4-3-6(11-13)9(15)16/h3-4H,1-2H3,(H,15,16). The number of hydrogen-bond acceptors (Lipinski definition) is 5. The first-order valence-electron chi connectivity index (χ1n) is 4.89. The Morgan fingerprint density at radius 3 is 2.67 bits per heavy atom. The maximum Gasteiger partial charge on any atom is 0.356 e. The Morgan fingerprint density at radius 2 is 2.17 bits per heavy atom. The number of rotatable bonds is 3. The summed E-state index contributed by atoms with van der Waals surface area (Å²) >= 11 is 0. The number of nitrogens with zero attached hydrogens (tertiary/aromatic N) is 5. The second-order valence-electron chi connectivity index (χ2n) is 3.59. The van der Waals surface area contributed by atoms with Gasteiger partial charge in [-0.1, -0.05) is 0 Å². The molecule has 2 aromatic rings. The highest BCUT2D eigenvalue weighted by Gasteiger charge is 2.26. The van der Waals surface area contributed by atoms with Gasteiger partial charge in [-0.2, -0.15) is 10.2 Å². The minimum absolute atomic E-state index is 0.116. The summed E-state index contributed by atoms with van der Waals surface area (Å²) in [7, 11) is 1.53. The summed E-state index contributed by atoms with van der Waals surface area (Å²) in [6.45, 7) is 1.50. The molecule has 0 aromatic carbocycles. The average molecular weight is 251 g/mol. The molecule has 18 heavy (non-hydrogen) atoms. The summed E-state index contributed by atoms with van der Waals surface area (Å²) in [6.07, 6.45) is 1.34. The van der Waals surface area contributed by atoms with Crippen LogP contribution < -0.4 is 0 Å². The van der Waals surface area contributed by atoms with Gasteiger partial charge in [-0.3, -0.25) is 10.1 Å². The third-order valence-electron chi connectivity index (χ3n) is 2.37. The molecular weight excluding hydrogens is 242 g/mol. The largest absolute Gasteiger partial charge is 0.476 e. The van der Waals surface area contributed by atoms with Crippen molar-refractivity contribution in [2.75, 3.05) is 0 Å². The van der Waals surface area contributed by atoms with Gasteiger partial charge in [-0.25, -0.2) is 14.2 Å². The van der Waals surface area contributed by atoms with Crippen LogP contribution in [0.2, 0.25) is 0 Å². The summed E-state index contributed by atoms with van der Waals surface area (Å²) in [5, 5.41) is 27.4. The third kappa shape index (κ3) is 1.71. The lowest BCUT2D eigenvalue weighted by Crippen LogP contribution is -2.07. The molecule has 9 heteroatoms. The van der Waals surface area contributed by atoms with Crippen molar-refractivity contribution < 1.29 is 14.8 Å². The molecule has 0 aliphatic rings. The molecule has 0 saturated heterocycles. The average Bonchev–Trinajstić information content (AvgIpc) is 2.81. The number of aromatic carboxylic acids is 1. The number of aryl methyl sites for hydroxylation is 2. The normalized spacial score (nSPS) is 10.6. The van der Waals surface area contributed by atoms with Crippen LogP contribution in [0.5, 0.6) is 0 Å². The quantitative estimate of drug-likeness (QED) is 0.627. The van der Waals surface area contributed by atoms with Crippen molar-refractivity contribution in [3.05, 3.63) is 33.8 Å².